The maximum absolute atomic E-state index is 11.2. The molecule has 0 amide bonds. The second-order valence-corrected chi connectivity index (χ2v) is 7.00. The molecule has 8 nitrogen and oxygen atoms in total. The van der Waals surface area contributed by atoms with Crippen LogP contribution in [0.1, 0.15) is 0 Å². The van der Waals surface area contributed by atoms with Crippen molar-refractivity contribution in [2.24, 2.45) is 0 Å². The Labute approximate surface area is 120 Å². The fourth-order valence-corrected chi connectivity index (χ4v) is 3.05. The minimum atomic E-state index is -4.57. The molecule has 0 bridgehead atoms. The Hall–Kier alpha value is -1.88. The first kappa shape index (κ1) is 15.5. The van der Waals surface area contributed by atoms with E-state index in [-0.39, 0.29) is 16.8 Å². The van der Waals surface area contributed by atoms with Crippen LogP contribution in [0.15, 0.2) is 34.1 Å². The van der Waals surface area contributed by atoms with E-state index in [1.807, 2.05) is 0 Å². The smallest absolute Gasteiger partial charge is 0.296 e. The van der Waals surface area contributed by atoms with Gasteiger partial charge in [-0.3, -0.25) is 9.11 Å². The molecule has 0 aromatic heterocycles. The van der Waals surface area contributed by atoms with Crippen LogP contribution in [0.25, 0.3) is 10.8 Å². The van der Waals surface area contributed by atoms with E-state index in [0.29, 0.717) is 5.39 Å². The summed E-state index contributed by atoms with van der Waals surface area (Å²) < 4.78 is 68.0. The van der Waals surface area contributed by atoms with Gasteiger partial charge >= 0.3 is 0 Å². The number of nitrogen functional groups attached to an aromatic ring is 1. The molecule has 0 radical (unpaired) electrons. The Morgan fingerprint density at radius 1 is 1.00 bits per heavy atom. The highest BCUT2D eigenvalue weighted by molar-refractivity contribution is 7.86. The standard InChI is InChI=1S/C11H11NO7S2/c1-19-10-4-7(20(13,14)15)2-6-3-11(21(16,17)18)9(12)5-8(6)10/h2-5H,12H2,1H3,(H,13,14,15)(H,16,17,18). The number of hydrogen-bond acceptors (Lipinski definition) is 6. The molecular weight excluding hydrogens is 322 g/mol. The van der Waals surface area contributed by atoms with Crippen LogP contribution in [-0.4, -0.2) is 33.1 Å². The zero-order valence-electron chi connectivity index (χ0n) is 10.6. The van der Waals surface area contributed by atoms with Crippen molar-refractivity contribution < 1.29 is 30.7 Å². The Bertz CT molecular complexity index is 933. The fraction of sp³-hybridized carbons (Fsp3) is 0.0909. The highest BCUT2D eigenvalue weighted by Crippen LogP contribution is 2.34. The van der Waals surface area contributed by atoms with Crippen LogP contribution in [0.2, 0.25) is 0 Å². The molecule has 0 atom stereocenters. The molecule has 10 heteroatoms. The summed E-state index contributed by atoms with van der Waals surface area (Å²) in [6.45, 7) is 0. The van der Waals surface area contributed by atoms with Crippen LogP contribution in [0.3, 0.4) is 0 Å². The number of rotatable bonds is 3. The zero-order chi connectivity index (χ0) is 16.0. The first-order chi connectivity index (χ1) is 9.54. The molecule has 0 unspecified atom stereocenters. The number of fused-ring (bicyclic) bond motifs is 1. The molecule has 2 aromatic rings. The fourth-order valence-electron chi connectivity index (χ4n) is 1.89. The summed E-state index contributed by atoms with van der Waals surface area (Å²) in [4.78, 5) is -1.04. The van der Waals surface area contributed by atoms with Crippen molar-refractivity contribution in [2.75, 3.05) is 12.8 Å². The van der Waals surface area contributed by atoms with Crippen LogP contribution < -0.4 is 10.5 Å². The van der Waals surface area contributed by atoms with Crippen molar-refractivity contribution in [2.45, 2.75) is 9.79 Å². The van der Waals surface area contributed by atoms with Crippen LogP contribution >= 0.6 is 0 Å². The van der Waals surface area contributed by atoms with Gasteiger partial charge in [-0.1, -0.05) is 0 Å². The second-order valence-electron chi connectivity index (χ2n) is 4.19. The summed E-state index contributed by atoms with van der Waals surface area (Å²) >= 11 is 0. The number of ether oxygens (including phenoxy) is 1. The third kappa shape index (κ3) is 2.93. The highest BCUT2D eigenvalue weighted by Gasteiger charge is 2.19. The lowest BCUT2D eigenvalue weighted by Gasteiger charge is -2.10. The van der Waals surface area contributed by atoms with Crippen molar-refractivity contribution in [3.05, 3.63) is 24.3 Å². The largest absolute Gasteiger partial charge is 0.496 e. The molecule has 2 rings (SSSR count). The van der Waals surface area contributed by atoms with Gasteiger partial charge in [-0.2, -0.15) is 16.8 Å². The number of hydrogen-bond donors (Lipinski definition) is 3. The number of nitrogens with two attached hydrogens (primary N) is 1. The molecule has 0 aliphatic carbocycles. The minimum Gasteiger partial charge on any atom is -0.496 e. The Morgan fingerprint density at radius 3 is 2.10 bits per heavy atom. The van der Waals surface area contributed by atoms with Gasteiger partial charge in [-0.15, -0.1) is 0 Å². The molecular formula is C11H11NO7S2. The SMILES string of the molecule is COc1cc(S(=O)(=O)O)cc2cc(S(=O)(=O)O)c(N)cc12. The lowest BCUT2D eigenvalue weighted by Crippen LogP contribution is -2.04. The van der Waals surface area contributed by atoms with E-state index in [9.17, 15) is 16.8 Å². The van der Waals surface area contributed by atoms with Gasteiger partial charge in [-0.05, 0) is 23.6 Å². The molecule has 4 N–H and O–H groups in total. The molecule has 0 heterocycles. The lowest BCUT2D eigenvalue weighted by atomic mass is 10.1. The average Bonchev–Trinajstić information content (AvgIpc) is 2.34. The van der Waals surface area contributed by atoms with E-state index in [2.05, 4.69) is 0 Å². The molecule has 0 fully saturated rings. The van der Waals surface area contributed by atoms with E-state index in [4.69, 9.17) is 19.6 Å². The Balaban J connectivity index is 2.95. The molecule has 0 aliphatic rings. The van der Waals surface area contributed by atoms with Gasteiger partial charge in [0.25, 0.3) is 20.2 Å². The van der Waals surface area contributed by atoms with Gasteiger partial charge in [0.05, 0.1) is 17.7 Å². The molecule has 2 aromatic carbocycles. The molecule has 0 saturated heterocycles. The molecule has 21 heavy (non-hydrogen) atoms. The summed E-state index contributed by atoms with van der Waals surface area (Å²) in [5, 5.41) is 0.443. The number of methoxy groups -OCH3 is 1. The number of anilines is 1. The maximum atomic E-state index is 11.2. The lowest BCUT2D eigenvalue weighted by molar-refractivity contribution is 0.417. The third-order valence-electron chi connectivity index (χ3n) is 2.81. The van der Waals surface area contributed by atoms with E-state index in [0.717, 1.165) is 18.2 Å². The Morgan fingerprint density at radius 2 is 1.62 bits per heavy atom. The second kappa shape index (κ2) is 4.84. The summed E-state index contributed by atoms with van der Waals surface area (Å²) in [6.07, 6.45) is 0. The summed E-state index contributed by atoms with van der Waals surface area (Å²) in [6, 6.07) is 4.34. The maximum Gasteiger partial charge on any atom is 0.296 e. The molecule has 114 valence electrons. The monoisotopic (exact) mass is 333 g/mol. The third-order valence-corrected chi connectivity index (χ3v) is 4.55. The van der Waals surface area contributed by atoms with Crippen LogP contribution in [0, 0.1) is 0 Å². The van der Waals surface area contributed by atoms with E-state index in [1.165, 1.54) is 13.2 Å². The van der Waals surface area contributed by atoms with Crippen molar-refractivity contribution in [3.8, 4) is 5.75 Å². The van der Waals surface area contributed by atoms with Crippen molar-refractivity contribution in [3.63, 3.8) is 0 Å². The van der Waals surface area contributed by atoms with E-state index in [1.54, 1.807) is 0 Å². The van der Waals surface area contributed by atoms with Gasteiger partial charge in [-0.25, -0.2) is 0 Å². The van der Waals surface area contributed by atoms with Crippen LogP contribution in [0.5, 0.6) is 5.75 Å². The van der Waals surface area contributed by atoms with Gasteiger partial charge in [0.2, 0.25) is 0 Å². The first-order valence-corrected chi connectivity index (χ1v) is 8.28. The first-order valence-electron chi connectivity index (χ1n) is 5.40. The van der Waals surface area contributed by atoms with Crippen molar-refractivity contribution in [1.82, 2.24) is 0 Å². The minimum absolute atomic E-state index is 0.0775. The van der Waals surface area contributed by atoms with Gasteiger partial charge < -0.3 is 10.5 Å². The van der Waals surface area contributed by atoms with Crippen molar-refractivity contribution >= 4 is 36.7 Å². The zero-order valence-corrected chi connectivity index (χ0v) is 12.3. The van der Waals surface area contributed by atoms with Gasteiger partial charge in [0.1, 0.15) is 10.6 Å². The topological polar surface area (TPSA) is 144 Å². The van der Waals surface area contributed by atoms with E-state index < -0.39 is 30.0 Å². The van der Waals surface area contributed by atoms with Crippen LogP contribution in [0.4, 0.5) is 5.69 Å². The summed E-state index contributed by atoms with van der Waals surface area (Å²) in [5.41, 5.74) is 5.34. The highest BCUT2D eigenvalue weighted by atomic mass is 32.2. The number of benzene rings is 2. The Kier molecular flexibility index (Phi) is 3.58. The van der Waals surface area contributed by atoms with Gasteiger partial charge in [0, 0.05) is 11.5 Å². The summed E-state index contributed by atoms with van der Waals surface area (Å²) in [7, 11) is -7.81. The quantitative estimate of drug-likeness (QED) is 0.555. The van der Waals surface area contributed by atoms with Crippen LogP contribution in [-0.2, 0) is 20.2 Å². The van der Waals surface area contributed by atoms with E-state index >= 15 is 0 Å². The molecule has 0 spiro atoms. The normalized spacial score (nSPS) is 12.5. The van der Waals surface area contributed by atoms with Crippen molar-refractivity contribution in [1.29, 1.82) is 0 Å². The molecule has 0 saturated carbocycles. The predicted molar refractivity (Wildman–Crippen MR) is 74.5 cm³/mol. The average molecular weight is 333 g/mol. The molecule has 0 aliphatic heterocycles. The predicted octanol–water partition coefficient (Wildman–Crippen LogP) is 0.924. The summed E-state index contributed by atoms with van der Waals surface area (Å²) in [5.74, 6) is 0.0775. The van der Waals surface area contributed by atoms with Gasteiger partial charge in [0.15, 0.2) is 0 Å².